The molecule has 7 atom stereocenters. The highest BCUT2D eigenvalue weighted by atomic mass is 32.2. The molecule has 9 heteroatoms. The van der Waals surface area contributed by atoms with Gasteiger partial charge in [-0.25, -0.2) is 8.42 Å². The van der Waals surface area contributed by atoms with E-state index in [2.05, 4.69) is 6.92 Å². The molecule has 0 amide bonds. The summed E-state index contributed by atoms with van der Waals surface area (Å²) in [4.78, 5) is 50.4. The Hall–Kier alpha value is -1.61. The lowest BCUT2D eigenvalue weighted by molar-refractivity contribution is -0.144. The molecule has 3 rings (SSSR count). The van der Waals surface area contributed by atoms with Gasteiger partial charge in [-0.15, -0.1) is 0 Å². The first kappa shape index (κ1) is 28.0. The molecule has 0 N–H and O–H groups in total. The van der Waals surface area contributed by atoms with E-state index in [9.17, 15) is 32.1 Å². The summed E-state index contributed by atoms with van der Waals surface area (Å²) in [6.45, 7) is 7.35. The zero-order chi connectivity index (χ0) is 26.2. The van der Waals surface area contributed by atoms with E-state index in [0.717, 1.165) is 25.7 Å². The molecule has 8 nitrogen and oxygen atoms in total. The molecule has 0 aromatic carbocycles. The first-order chi connectivity index (χ1) is 16.2. The molecule has 0 aliphatic heterocycles. The zero-order valence-electron chi connectivity index (χ0n) is 21.3. The number of ketones is 3. The summed E-state index contributed by atoms with van der Waals surface area (Å²) in [7, 11) is -4.43. The summed E-state index contributed by atoms with van der Waals surface area (Å²) in [5.41, 5.74) is -0.719. The summed E-state index contributed by atoms with van der Waals surface area (Å²) >= 11 is 0. The number of Topliss-reactive ketones (excluding diaryl/α,β-unsaturated/α-hetero) is 3. The van der Waals surface area contributed by atoms with Crippen molar-refractivity contribution < 1.29 is 36.9 Å². The van der Waals surface area contributed by atoms with Gasteiger partial charge in [-0.2, -0.15) is 0 Å². The SMILES string of the molecule is CC(=O)[C@]1(C)[C@@H]([C@H](C)CCC(=O)OCCS(=O)(=O)[O-])CC[C@H]1[C@H]1C[C@@]2(C)CCC(=O)C[C@H]2CC1=O. The van der Waals surface area contributed by atoms with Crippen LogP contribution in [0.5, 0.6) is 0 Å². The lowest BCUT2D eigenvalue weighted by atomic mass is 9.53. The first-order valence-electron chi connectivity index (χ1n) is 12.8. The summed E-state index contributed by atoms with van der Waals surface area (Å²) in [5.74, 6) is -0.893. The molecule has 0 aromatic heterocycles. The number of hydrogen-bond acceptors (Lipinski definition) is 8. The Morgan fingerprint density at radius 1 is 1.17 bits per heavy atom. The van der Waals surface area contributed by atoms with E-state index >= 15 is 0 Å². The van der Waals surface area contributed by atoms with E-state index in [1.165, 1.54) is 0 Å². The van der Waals surface area contributed by atoms with Crippen molar-refractivity contribution >= 4 is 33.4 Å². The van der Waals surface area contributed by atoms with Gasteiger partial charge in [0, 0.05) is 37.0 Å². The van der Waals surface area contributed by atoms with E-state index in [4.69, 9.17) is 4.74 Å². The molecular formula is C26H39O8S-. The van der Waals surface area contributed by atoms with E-state index in [1.807, 2.05) is 13.8 Å². The number of ether oxygens (including phenoxy) is 1. The van der Waals surface area contributed by atoms with Crippen molar-refractivity contribution in [2.75, 3.05) is 12.4 Å². The van der Waals surface area contributed by atoms with Crippen LogP contribution >= 0.6 is 0 Å². The molecule has 0 aromatic rings. The summed E-state index contributed by atoms with van der Waals surface area (Å²) in [6, 6.07) is 0. The maximum absolute atomic E-state index is 13.3. The van der Waals surface area contributed by atoms with Gasteiger partial charge in [-0.1, -0.05) is 20.8 Å². The van der Waals surface area contributed by atoms with Gasteiger partial charge in [0.25, 0.3) is 0 Å². The van der Waals surface area contributed by atoms with Crippen LogP contribution in [0.2, 0.25) is 0 Å². The second kappa shape index (κ2) is 10.4. The first-order valence-corrected chi connectivity index (χ1v) is 14.4. The molecule has 3 fully saturated rings. The third-order valence-electron chi connectivity index (χ3n) is 9.64. The summed E-state index contributed by atoms with van der Waals surface area (Å²) in [6.07, 6.45) is 5.14. The van der Waals surface area contributed by atoms with Crippen LogP contribution in [0.15, 0.2) is 0 Å². The van der Waals surface area contributed by atoms with Gasteiger partial charge < -0.3 is 9.29 Å². The average Bonchev–Trinajstić information content (AvgIpc) is 3.10. The Labute approximate surface area is 208 Å². The Morgan fingerprint density at radius 2 is 1.86 bits per heavy atom. The molecule has 3 saturated carbocycles. The normalized spacial score (nSPS) is 36.5. The molecule has 3 aliphatic carbocycles. The molecule has 0 spiro atoms. The molecule has 35 heavy (non-hydrogen) atoms. The van der Waals surface area contributed by atoms with Crippen molar-refractivity contribution in [2.45, 2.75) is 85.5 Å². The lowest BCUT2D eigenvalue weighted by Gasteiger charge is -2.50. The van der Waals surface area contributed by atoms with Crippen LogP contribution in [-0.4, -0.2) is 48.6 Å². The van der Waals surface area contributed by atoms with Crippen molar-refractivity contribution in [1.29, 1.82) is 0 Å². The van der Waals surface area contributed by atoms with Crippen LogP contribution in [0, 0.1) is 40.4 Å². The smallest absolute Gasteiger partial charge is 0.305 e. The fourth-order valence-electron chi connectivity index (χ4n) is 7.34. The van der Waals surface area contributed by atoms with Crippen LogP contribution in [0.1, 0.15) is 85.5 Å². The molecule has 0 heterocycles. The number of rotatable bonds is 9. The van der Waals surface area contributed by atoms with Crippen molar-refractivity contribution in [2.24, 2.45) is 40.4 Å². The number of esters is 1. The molecule has 3 aliphatic rings. The fraction of sp³-hybridized carbons (Fsp3) is 0.846. The highest BCUT2D eigenvalue weighted by Gasteiger charge is 2.58. The Morgan fingerprint density at radius 3 is 2.49 bits per heavy atom. The Bertz CT molecular complexity index is 972. The van der Waals surface area contributed by atoms with Crippen LogP contribution < -0.4 is 0 Å². The predicted molar refractivity (Wildman–Crippen MR) is 127 cm³/mol. The van der Waals surface area contributed by atoms with Crippen molar-refractivity contribution in [3.63, 3.8) is 0 Å². The zero-order valence-corrected chi connectivity index (χ0v) is 22.2. The minimum absolute atomic E-state index is 0.0195. The largest absolute Gasteiger partial charge is 0.748 e. The Balaban J connectivity index is 1.68. The second-order valence-electron chi connectivity index (χ2n) is 11.7. The summed E-state index contributed by atoms with van der Waals surface area (Å²) in [5, 5.41) is 0. The monoisotopic (exact) mass is 511 g/mol. The van der Waals surface area contributed by atoms with Gasteiger partial charge in [0.2, 0.25) is 0 Å². The number of carbonyl (C=O) groups excluding carboxylic acids is 4. The maximum atomic E-state index is 13.3. The van der Waals surface area contributed by atoms with Crippen LogP contribution in [0.25, 0.3) is 0 Å². The van der Waals surface area contributed by atoms with Gasteiger partial charge in [0.15, 0.2) is 0 Å². The molecule has 0 radical (unpaired) electrons. The minimum Gasteiger partial charge on any atom is -0.748 e. The van der Waals surface area contributed by atoms with Gasteiger partial charge in [-0.3, -0.25) is 19.2 Å². The summed E-state index contributed by atoms with van der Waals surface area (Å²) < 4.78 is 36.9. The van der Waals surface area contributed by atoms with Gasteiger partial charge in [-0.05, 0) is 68.1 Å². The molecular weight excluding hydrogens is 472 g/mol. The average molecular weight is 512 g/mol. The highest BCUT2D eigenvalue weighted by molar-refractivity contribution is 7.85. The van der Waals surface area contributed by atoms with Crippen LogP contribution in [-0.2, 0) is 34.0 Å². The van der Waals surface area contributed by atoms with Crippen molar-refractivity contribution in [3.05, 3.63) is 0 Å². The van der Waals surface area contributed by atoms with E-state index in [-0.39, 0.29) is 58.8 Å². The topological polar surface area (TPSA) is 135 Å². The predicted octanol–water partition coefficient (Wildman–Crippen LogP) is 3.47. The fourth-order valence-corrected chi connectivity index (χ4v) is 7.63. The number of hydrogen-bond donors (Lipinski definition) is 0. The van der Waals surface area contributed by atoms with E-state index in [1.54, 1.807) is 6.92 Å². The highest BCUT2D eigenvalue weighted by Crippen LogP contribution is 2.60. The molecule has 0 saturated heterocycles. The minimum atomic E-state index is -4.43. The van der Waals surface area contributed by atoms with Crippen LogP contribution in [0.3, 0.4) is 0 Å². The molecule has 0 unspecified atom stereocenters. The third kappa shape index (κ3) is 6.04. The lowest BCUT2D eigenvalue weighted by Crippen LogP contribution is -2.49. The Kier molecular flexibility index (Phi) is 8.31. The quantitative estimate of drug-likeness (QED) is 0.339. The van der Waals surface area contributed by atoms with Gasteiger partial charge in [0.05, 0.1) is 15.9 Å². The molecule has 198 valence electrons. The third-order valence-corrected chi connectivity index (χ3v) is 10.3. The van der Waals surface area contributed by atoms with Crippen molar-refractivity contribution in [1.82, 2.24) is 0 Å². The molecule has 0 bridgehead atoms. The second-order valence-corrected chi connectivity index (χ2v) is 13.2. The van der Waals surface area contributed by atoms with Gasteiger partial charge in [0.1, 0.15) is 24.0 Å². The van der Waals surface area contributed by atoms with Crippen molar-refractivity contribution in [3.8, 4) is 0 Å². The van der Waals surface area contributed by atoms with E-state index in [0.29, 0.717) is 25.7 Å². The maximum Gasteiger partial charge on any atom is 0.305 e. The van der Waals surface area contributed by atoms with Gasteiger partial charge >= 0.3 is 5.97 Å². The number of fused-ring (bicyclic) bond motifs is 1. The van der Waals surface area contributed by atoms with Crippen LogP contribution in [0.4, 0.5) is 0 Å². The standard InChI is InChI=1S/C26H40O8S/c1-16(5-8-24(30)34-11-12-35(31,32)33)21-6-7-22(26(21,4)17(2)27)20-15-25(3)10-9-19(28)13-18(25)14-23(20)29/h16,18,20-22H,5-15H2,1-4H3,(H,31,32,33)/p-1/t16-,18+,20-,21-,22+,25-,26-/m1/s1. The number of carbonyl (C=O) groups is 4. The van der Waals surface area contributed by atoms with E-state index < -0.39 is 33.9 Å².